The van der Waals surface area contributed by atoms with Crippen LogP contribution in [0.1, 0.15) is 16.2 Å². The normalized spacial score (nSPS) is 10.6. The number of carboxylic acids is 1. The molecule has 0 atom stereocenters. The molecule has 0 saturated carbocycles. The minimum Gasteiger partial charge on any atom is -0.476 e. The lowest BCUT2D eigenvalue weighted by Gasteiger charge is -2.01. The lowest BCUT2D eigenvalue weighted by atomic mass is 10.3. The van der Waals surface area contributed by atoms with Crippen LogP contribution in [0.4, 0.5) is 0 Å². The SMILES string of the molecule is COCc1c(C(=O)O)nnn1-c1nccs1. The van der Waals surface area contributed by atoms with E-state index in [1.165, 1.54) is 23.1 Å². The maximum Gasteiger partial charge on any atom is 0.358 e. The summed E-state index contributed by atoms with van der Waals surface area (Å²) in [6.07, 6.45) is 1.61. The van der Waals surface area contributed by atoms with E-state index >= 15 is 0 Å². The highest BCUT2D eigenvalue weighted by molar-refractivity contribution is 7.12. The Kier molecular flexibility index (Phi) is 2.93. The molecule has 2 heterocycles. The van der Waals surface area contributed by atoms with Crippen LogP contribution in [0.2, 0.25) is 0 Å². The van der Waals surface area contributed by atoms with E-state index in [4.69, 9.17) is 9.84 Å². The van der Waals surface area contributed by atoms with Gasteiger partial charge in [-0.3, -0.25) is 0 Å². The molecule has 84 valence electrons. The first-order valence-electron chi connectivity index (χ1n) is 4.30. The van der Waals surface area contributed by atoms with Crippen molar-refractivity contribution >= 4 is 17.3 Å². The van der Waals surface area contributed by atoms with E-state index < -0.39 is 5.97 Å². The maximum atomic E-state index is 10.9. The Morgan fingerprint density at radius 2 is 2.50 bits per heavy atom. The minimum atomic E-state index is -1.13. The van der Waals surface area contributed by atoms with Crippen LogP contribution in [0, 0.1) is 0 Å². The van der Waals surface area contributed by atoms with Crippen molar-refractivity contribution < 1.29 is 14.6 Å². The molecule has 0 aliphatic carbocycles. The van der Waals surface area contributed by atoms with Crippen LogP contribution in [-0.2, 0) is 11.3 Å². The summed E-state index contributed by atoms with van der Waals surface area (Å²) in [5, 5.41) is 18.6. The molecule has 0 aromatic carbocycles. The number of aromatic carboxylic acids is 1. The van der Waals surface area contributed by atoms with E-state index in [-0.39, 0.29) is 12.3 Å². The molecule has 2 aromatic rings. The number of aromatic nitrogens is 4. The van der Waals surface area contributed by atoms with Crippen molar-refractivity contribution in [2.45, 2.75) is 6.61 Å². The summed E-state index contributed by atoms with van der Waals surface area (Å²) in [6.45, 7) is 0.119. The monoisotopic (exact) mass is 240 g/mol. The summed E-state index contributed by atoms with van der Waals surface area (Å²) >= 11 is 1.34. The van der Waals surface area contributed by atoms with Gasteiger partial charge in [0.25, 0.3) is 0 Å². The molecule has 0 fully saturated rings. The number of methoxy groups -OCH3 is 1. The third kappa shape index (κ3) is 1.79. The summed E-state index contributed by atoms with van der Waals surface area (Å²) in [5.74, 6) is -1.13. The van der Waals surface area contributed by atoms with E-state index in [2.05, 4.69) is 15.3 Å². The number of hydrogen-bond donors (Lipinski definition) is 1. The van der Waals surface area contributed by atoms with Crippen LogP contribution in [-0.4, -0.2) is 38.2 Å². The highest BCUT2D eigenvalue weighted by atomic mass is 32.1. The topological polar surface area (TPSA) is 90.1 Å². The van der Waals surface area contributed by atoms with Crippen LogP contribution in [0.15, 0.2) is 11.6 Å². The van der Waals surface area contributed by atoms with Crippen LogP contribution < -0.4 is 0 Å². The van der Waals surface area contributed by atoms with E-state index in [1.54, 1.807) is 11.6 Å². The predicted molar refractivity (Wildman–Crippen MR) is 54.7 cm³/mol. The van der Waals surface area contributed by atoms with Crippen molar-refractivity contribution in [2.24, 2.45) is 0 Å². The zero-order valence-corrected chi connectivity index (χ0v) is 9.14. The standard InChI is InChI=1S/C8H8N4O3S/c1-15-4-5-6(7(13)14)10-11-12(5)8-9-2-3-16-8/h2-3H,4H2,1H3,(H,13,14). The van der Waals surface area contributed by atoms with Gasteiger partial charge < -0.3 is 9.84 Å². The maximum absolute atomic E-state index is 10.9. The fraction of sp³-hybridized carbons (Fsp3) is 0.250. The number of hydrogen-bond acceptors (Lipinski definition) is 6. The van der Waals surface area contributed by atoms with Crippen molar-refractivity contribution in [1.82, 2.24) is 20.0 Å². The molecule has 0 spiro atoms. The Morgan fingerprint density at radius 1 is 1.69 bits per heavy atom. The van der Waals surface area contributed by atoms with E-state index in [0.29, 0.717) is 10.8 Å². The summed E-state index contributed by atoms with van der Waals surface area (Å²) in [4.78, 5) is 14.9. The fourth-order valence-corrected chi connectivity index (χ4v) is 1.82. The average Bonchev–Trinajstić information content (AvgIpc) is 2.84. The highest BCUT2D eigenvalue weighted by Crippen LogP contribution is 2.15. The van der Waals surface area contributed by atoms with Crippen LogP contribution >= 0.6 is 11.3 Å². The molecule has 0 saturated heterocycles. The summed E-state index contributed by atoms with van der Waals surface area (Å²) in [7, 11) is 1.48. The lowest BCUT2D eigenvalue weighted by Crippen LogP contribution is -2.07. The van der Waals surface area contributed by atoms with Gasteiger partial charge in [0, 0.05) is 18.7 Å². The number of ether oxygens (including phenoxy) is 1. The first-order chi connectivity index (χ1) is 7.74. The van der Waals surface area contributed by atoms with Gasteiger partial charge in [-0.05, 0) is 0 Å². The van der Waals surface area contributed by atoms with Crippen LogP contribution in [0.5, 0.6) is 0 Å². The van der Waals surface area contributed by atoms with Gasteiger partial charge in [0.05, 0.1) is 6.61 Å². The Morgan fingerprint density at radius 3 is 3.06 bits per heavy atom. The second-order valence-electron chi connectivity index (χ2n) is 2.85. The molecule has 0 aliphatic heterocycles. The molecule has 2 rings (SSSR count). The van der Waals surface area contributed by atoms with E-state index in [9.17, 15) is 4.79 Å². The molecule has 0 unspecified atom stereocenters. The van der Waals surface area contributed by atoms with Crippen molar-refractivity contribution in [2.75, 3.05) is 7.11 Å². The molecule has 2 aromatic heterocycles. The molecular weight excluding hydrogens is 232 g/mol. The zero-order chi connectivity index (χ0) is 11.5. The number of carboxylic acid groups (broad SMARTS) is 1. The van der Waals surface area contributed by atoms with Crippen molar-refractivity contribution in [3.8, 4) is 5.13 Å². The Hall–Kier alpha value is -1.80. The molecule has 0 aliphatic rings. The molecule has 0 amide bonds. The number of carbonyl (C=O) groups is 1. The molecule has 8 heteroatoms. The lowest BCUT2D eigenvalue weighted by molar-refractivity contribution is 0.0685. The second-order valence-corrected chi connectivity index (χ2v) is 3.72. The van der Waals surface area contributed by atoms with Crippen molar-refractivity contribution in [1.29, 1.82) is 0 Å². The predicted octanol–water partition coefficient (Wildman–Crippen LogP) is 0.568. The van der Waals surface area contributed by atoms with Gasteiger partial charge in [0.2, 0.25) is 5.13 Å². The summed E-state index contributed by atoms with van der Waals surface area (Å²) in [5.41, 5.74) is 0.266. The molecule has 0 bridgehead atoms. The average molecular weight is 240 g/mol. The first kappa shape index (κ1) is 10.7. The largest absolute Gasteiger partial charge is 0.476 e. The third-order valence-electron chi connectivity index (χ3n) is 1.85. The second kappa shape index (κ2) is 4.37. The zero-order valence-electron chi connectivity index (χ0n) is 8.32. The van der Waals surface area contributed by atoms with Gasteiger partial charge in [-0.2, -0.15) is 4.68 Å². The van der Waals surface area contributed by atoms with Gasteiger partial charge in [-0.15, -0.1) is 16.4 Å². The molecule has 7 nitrogen and oxygen atoms in total. The van der Waals surface area contributed by atoms with Gasteiger partial charge in [0.1, 0.15) is 5.69 Å². The van der Waals surface area contributed by atoms with Crippen molar-refractivity contribution in [3.05, 3.63) is 23.0 Å². The number of thiazole rings is 1. The molecule has 16 heavy (non-hydrogen) atoms. The third-order valence-corrected chi connectivity index (χ3v) is 2.59. The molecular formula is C8H8N4O3S. The van der Waals surface area contributed by atoms with Gasteiger partial charge >= 0.3 is 5.97 Å². The first-order valence-corrected chi connectivity index (χ1v) is 5.18. The summed E-state index contributed by atoms with van der Waals surface area (Å²) < 4.78 is 6.30. The Bertz CT molecular complexity index is 493. The molecule has 1 N–H and O–H groups in total. The summed E-state index contributed by atoms with van der Waals surface area (Å²) in [6, 6.07) is 0. The quantitative estimate of drug-likeness (QED) is 0.840. The number of nitrogens with zero attached hydrogens (tertiary/aromatic N) is 4. The van der Waals surface area contributed by atoms with Crippen LogP contribution in [0.3, 0.4) is 0 Å². The molecule has 0 radical (unpaired) electrons. The number of rotatable bonds is 4. The van der Waals surface area contributed by atoms with Crippen LogP contribution in [0.25, 0.3) is 5.13 Å². The Labute approximate surface area is 94.3 Å². The highest BCUT2D eigenvalue weighted by Gasteiger charge is 2.20. The fourth-order valence-electron chi connectivity index (χ4n) is 1.21. The van der Waals surface area contributed by atoms with Gasteiger partial charge in [-0.1, -0.05) is 5.21 Å². The Balaban J connectivity index is 2.50. The van der Waals surface area contributed by atoms with Crippen molar-refractivity contribution in [3.63, 3.8) is 0 Å². The van der Waals surface area contributed by atoms with E-state index in [0.717, 1.165) is 0 Å². The van der Waals surface area contributed by atoms with Gasteiger partial charge in [0.15, 0.2) is 5.69 Å². The van der Waals surface area contributed by atoms with Gasteiger partial charge in [-0.25, -0.2) is 9.78 Å². The van der Waals surface area contributed by atoms with E-state index in [1.807, 2.05) is 0 Å². The smallest absolute Gasteiger partial charge is 0.358 e. The minimum absolute atomic E-state index is 0.114.